The first-order valence-electron chi connectivity index (χ1n) is 8.74. The van der Waals surface area contributed by atoms with Crippen LogP contribution in [0.5, 0.6) is 5.88 Å². The zero-order valence-corrected chi connectivity index (χ0v) is 14.6. The Bertz CT molecular complexity index is 938. The number of nitrogens with zero attached hydrogens (tertiary/aromatic N) is 2. The lowest BCUT2D eigenvalue weighted by molar-refractivity contribution is 0.394. The second-order valence-electron chi connectivity index (χ2n) is 6.47. The third-order valence-electron chi connectivity index (χ3n) is 4.65. The predicted octanol–water partition coefficient (Wildman–Crippen LogP) is 2.67. The Hall–Kier alpha value is -2.63. The van der Waals surface area contributed by atoms with Crippen molar-refractivity contribution < 1.29 is 5.11 Å². The minimum atomic E-state index is -0.613. The van der Waals surface area contributed by atoms with Gasteiger partial charge in [0.25, 0.3) is 5.56 Å². The van der Waals surface area contributed by atoms with E-state index in [9.17, 15) is 14.7 Å². The van der Waals surface area contributed by atoms with Gasteiger partial charge >= 0.3 is 5.69 Å². The molecule has 0 spiro atoms. The number of fused-ring (bicyclic) bond motifs is 1. The summed E-state index contributed by atoms with van der Waals surface area (Å²) in [4.78, 5) is 30.9. The van der Waals surface area contributed by atoms with Gasteiger partial charge < -0.3 is 5.11 Å². The van der Waals surface area contributed by atoms with Gasteiger partial charge in [-0.15, -0.1) is 0 Å². The number of benzene rings is 1. The molecule has 3 rings (SSSR count). The van der Waals surface area contributed by atoms with Gasteiger partial charge in [0.05, 0.1) is 11.4 Å². The number of aliphatic imine (C=N–C) groups is 1. The molecule has 0 fully saturated rings. The van der Waals surface area contributed by atoms with Crippen LogP contribution in [-0.4, -0.2) is 20.4 Å². The summed E-state index contributed by atoms with van der Waals surface area (Å²) >= 11 is 0. The molecule has 1 aromatic carbocycles. The highest BCUT2D eigenvalue weighted by Crippen LogP contribution is 2.27. The topological polar surface area (TPSA) is 87.4 Å². The molecule has 6 heteroatoms. The van der Waals surface area contributed by atoms with Gasteiger partial charge in [-0.1, -0.05) is 19.4 Å². The molecule has 0 saturated heterocycles. The van der Waals surface area contributed by atoms with Crippen LogP contribution in [-0.2, 0) is 19.4 Å². The molecule has 1 aliphatic carbocycles. The van der Waals surface area contributed by atoms with E-state index in [1.165, 1.54) is 15.7 Å². The van der Waals surface area contributed by atoms with Gasteiger partial charge in [-0.05, 0) is 55.9 Å². The SMILES string of the molecule is CCCCn1c(O)c(C(C)=Nc2ccc3c(c2)CCC3)c(=O)[nH]c1=O. The third kappa shape index (κ3) is 3.43. The lowest BCUT2D eigenvalue weighted by Crippen LogP contribution is -2.33. The number of rotatable bonds is 5. The second kappa shape index (κ2) is 7.09. The molecule has 2 aromatic rings. The molecular weight excluding hydrogens is 318 g/mol. The van der Waals surface area contributed by atoms with Gasteiger partial charge in [-0.25, -0.2) is 4.79 Å². The minimum Gasteiger partial charge on any atom is -0.494 e. The van der Waals surface area contributed by atoms with Crippen LogP contribution < -0.4 is 11.2 Å². The van der Waals surface area contributed by atoms with E-state index in [4.69, 9.17) is 0 Å². The van der Waals surface area contributed by atoms with Crippen LogP contribution >= 0.6 is 0 Å². The molecule has 0 atom stereocenters. The van der Waals surface area contributed by atoms with Crippen molar-refractivity contribution in [3.8, 4) is 5.88 Å². The normalized spacial score (nSPS) is 13.9. The monoisotopic (exact) mass is 341 g/mol. The number of aromatic nitrogens is 2. The molecule has 0 aliphatic heterocycles. The van der Waals surface area contributed by atoms with E-state index in [0.717, 1.165) is 37.8 Å². The zero-order valence-electron chi connectivity index (χ0n) is 14.6. The van der Waals surface area contributed by atoms with Crippen LogP contribution in [0.4, 0.5) is 5.69 Å². The Labute approximate surface area is 145 Å². The van der Waals surface area contributed by atoms with Crippen molar-refractivity contribution in [2.75, 3.05) is 0 Å². The molecule has 1 aromatic heterocycles. The van der Waals surface area contributed by atoms with E-state index >= 15 is 0 Å². The molecule has 0 saturated carbocycles. The van der Waals surface area contributed by atoms with Crippen molar-refractivity contribution in [2.45, 2.75) is 52.5 Å². The first-order valence-corrected chi connectivity index (χ1v) is 8.74. The Balaban J connectivity index is 2.03. The third-order valence-corrected chi connectivity index (χ3v) is 4.65. The molecule has 132 valence electrons. The van der Waals surface area contributed by atoms with Crippen molar-refractivity contribution in [2.24, 2.45) is 4.99 Å². The zero-order chi connectivity index (χ0) is 18.0. The van der Waals surface area contributed by atoms with Gasteiger partial charge in [0.15, 0.2) is 0 Å². The number of H-pyrrole nitrogens is 1. The molecule has 6 nitrogen and oxygen atoms in total. The highest BCUT2D eigenvalue weighted by atomic mass is 16.3. The van der Waals surface area contributed by atoms with E-state index in [2.05, 4.69) is 16.0 Å². The molecule has 0 radical (unpaired) electrons. The average Bonchev–Trinajstić information content (AvgIpc) is 3.02. The average molecular weight is 341 g/mol. The number of aromatic amines is 1. The number of aryl methyl sites for hydroxylation is 2. The molecule has 25 heavy (non-hydrogen) atoms. The van der Waals surface area contributed by atoms with Crippen LogP contribution in [0.2, 0.25) is 0 Å². The van der Waals surface area contributed by atoms with Crippen LogP contribution in [0.3, 0.4) is 0 Å². The lowest BCUT2D eigenvalue weighted by atomic mass is 10.1. The van der Waals surface area contributed by atoms with Crippen LogP contribution in [0.25, 0.3) is 0 Å². The standard InChI is InChI=1S/C19H23N3O3/c1-3-4-10-22-18(24)16(17(23)21-19(22)25)12(2)20-15-9-8-13-6-5-7-14(13)11-15/h8-9,11,24H,3-7,10H2,1-2H3,(H,21,23,25). The summed E-state index contributed by atoms with van der Waals surface area (Å²) < 4.78 is 1.20. The summed E-state index contributed by atoms with van der Waals surface area (Å²) in [7, 11) is 0. The second-order valence-corrected chi connectivity index (χ2v) is 6.47. The van der Waals surface area contributed by atoms with E-state index in [1.807, 2.05) is 19.1 Å². The maximum Gasteiger partial charge on any atom is 0.331 e. The van der Waals surface area contributed by atoms with Gasteiger partial charge in [-0.3, -0.25) is 19.3 Å². The van der Waals surface area contributed by atoms with Crippen molar-refractivity contribution >= 4 is 11.4 Å². The van der Waals surface area contributed by atoms with Gasteiger partial charge in [0.2, 0.25) is 5.88 Å². The first-order chi connectivity index (χ1) is 12.0. The van der Waals surface area contributed by atoms with Crippen LogP contribution in [0.15, 0.2) is 32.8 Å². The highest BCUT2D eigenvalue weighted by Gasteiger charge is 2.17. The highest BCUT2D eigenvalue weighted by molar-refractivity contribution is 6.01. The van der Waals surface area contributed by atoms with Crippen molar-refractivity contribution in [1.82, 2.24) is 9.55 Å². The Morgan fingerprint density at radius 3 is 2.80 bits per heavy atom. The predicted molar refractivity (Wildman–Crippen MR) is 98.2 cm³/mol. The van der Waals surface area contributed by atoms with E-state index < -0.39 is 11.2 Å². The van der Waals surface area contributed by atoms with Gasteiger partial charge in [0, 0.05) is 6.54 Å². The van der Waals surface area contributed by atoms with E-state index in [1.54, 1.807) is 6.92 Å². The van der Waals surface area contributed by atoms with Gasteiger partial charge in [0.1, 0.15) is 5.56 Å². The molecule has 1 heterocycles. The molecule has 0 unspecified atom stereocenters. The smallest absolute Gasteiger partial charge is 0.331 e. The summed E-state index contributed by atoms with van der Waals surface area (Å²) in [6.45, 7) is 4.03. The largest absolute Gasteiger partial charge is 0.494 e. The quantitative estimate of drug-likeness (QED) is 0.820. The molecule has 2 N–H and O–H groups in total. The summed E-state index contributed by atoms with van der Waals surface area (Å²) in [5.41, 5.74) is 2.63. The number of aromatic hydroxyl groups is 1. The Kier molecular flexibility index (Phi) is 4.88. The number of nitrogens with one attached hydrogen (secondary N) is 1. The molecular formula is C19H23N3O3. The van der Waals surface area contributed by atoms with Crippen LogP contribution in [0, 0.1) is 0 Å². The minimum absolute atomic E-state index is 0.0520. The maximum atomic E-state index is 12.2. The number of hydrogen-bond donors (Lipinski definition) is 2. The summed E-state index contributed by atoms with van der Waals surface area (Å²) in [5, 5.41) is 10.4. The fourth-order valence-corrected chi connectivity index (χ4v) is 3.29. The van der Waals surface area contributed by atoms with Crippen LogP contribution in [0.1, 0.15) is 49.8 Å². The number of hydrogen-bond acceptors (Lipinski definition) is 4. The van der Waals surface area contributed by atoms with E-state index in [-0.39, 0.29) is 11.4 Å². The Morgan fingerprint density at radius 2 is 2.04 bits per heavy atom. The molecule has 0 amide bonds. The van der Waals surface area contributed by atoms with Crippen molar-refractivity contribution in [3.05, 3.63) is 55.7 Å². The first kappa shape index (κ1) is 17.2. The Morgan fingerprint density at radius 1 is 1.28 bits per heavy atom. The fraction of sp³-hybridized carbons (Fsp3) is 0.421. The number of unbranched alkanes of at least 4 members (excludes halogenated alkanes) is 1. The van der Waals surface area contributed by atoms with E-state index in [0.29, 0.717) is 12.3 Å². The van der Waals surface area contributed by atoms with Crippen molar-refractivity contribution in [3.63, 3.8) is 0 Å². The summed E-state index contributed by atoms with van der Waals surface area (Å²) in [6, 6.07) is 6.02. The lowest BCUT2D eigenvalue weighted by Gasteiger charge is -2.11. The summed E-state index contributed by atoms with van der Waals surface area (Å²) in [6.07, 6.45) is 4.92. The fourth-order valence-electron chi connectivity index (χ4n) is 3.29. The summed E-state index contributed by atoms with van der Waals surface area (Å²) in [5.74, 6) is -0.315. The molecule has 1 aliphatic rings. The van der Waals surface area contributed by atoms with Crippen molar-refractivity contribution in [1.29, 1.82) is 0 Å². The molecule has 0 bridgehead atoms. The maximum absolute atomic E-state index is 12.2. The van der Waals surface area contributed by atoms with Gasteiger partial charge in [-0.2, -0.15) is 0 Å².